The van der Waals surface area contributed by atoms with Crippen molar-refractivity contribution in [2.75, 3.05) is 6.61 Å². The van der Waals surface area contributed by atoms with Gasteiger partial charge >= 0.3 is 0 Å². The Morgan fingerprint density at radius 1 is 1.10 bits per heavy atom. The molecule has 152 valence electrons. The molecule has 1 N–H and O–H groups in total. The topological polar surface area (TPSA) is 56.2 Å². The molecule has 5 nitrogen and oxygen atoms in total. The Bertz CT molecular complexity index is 979. The van der Waals surface area contributed by atoms with E-state index in [0.29, 0.717) is 30.5 Å². The molecular weight excluding hydrogens is 386 g/mol. The number of aromatic nitrogens is 2. The van der Waals surface area contributed by atoms with Gasteiger partial charge in [-0.1, -0.05) is 55.1 Å². The molecule has 29 heavy (non-hydrogen) atoms. The summed E-state index contributed by atoms with van der Waals surface area (Å²) in [6, 6.07) is 15.5. The molecular formula is C23H26ClN3O2. The second kappa shape index (κ2) is 9.31. The van der Waals surface area contributed by atoms with Gasteiger partial charge in [0.1, 0.15) is 18.2 Å². The summed E-state index contributed by atoms with van der Waals surface area (Å²) >= 11 is 6.18. The van der Waals surface area contributed by atoms with E-state index >= 15 is 0 Å². The summed E-state index contributed by atoms with van der Waals surface area (Å²) in [5.41, 5.74) is 1.96. The summed E-state index contributed by atoms with van der Waals surface area (Å²) in [6.07, 6.45) is 5.53. The first-order chi connectivity index (χ1) is 14.2. The van der Waals surface area contributed by atoms with Gasteiger partial charge in [-0.3, -0.25) is 4.79 Å². The van der Waals surface area contributed by atoms with Gasteiger partial charge in [-0.25, -0.2) is 4.98 Å². The Balaban J connectivity index is 1.45. The smallest absolute Gasteiger partial charge is 0.223 e. The third kappa shape index (κ3) is 4.73. The van der Waals surface area contributed by atoms with Crippen LogP contribution in [0, 0.1) is 5.92 Å². The minimum Gasteiger partial charge on any atom is -0.490 e. The maximum atomic E-state index is 12.5. The van der Waals surface area contributed by atoms with Gasteiger partial charge in [0.15, 0.2) is 0 Å². The van der Waals surface area contributed by atoms with Crippen LogP contribution in [0.25, 0.3) is 11.0 Å². The van der Waals surface area contributed by atoms with E-state index in [4.69, 9.17) is 21.3 Å². The number of hydrogen-bond donors (Lipinski definition) is 1. The van der Waals surface area contributed by atoms with E-state index in [1.165, 1.54) is 6.42 Å². The zero-order valence-corrected chi connectivity index (χ0v) is 17.2. The average Bonchev–Trinajstić information content (AvgIpc) is 3.11. The number of fused-ring (bicyclic) bond motifs is 1. The van der Waals surface area contributed by atoms with Gasteiger partial charge in [-0.2, -0.15) is 0 Å². The molecule has 0 radical (unpaired) electrons. The number of nitrogens with zero attached hydrogens (tertiary/aromatic N) is 2. The Morgan fingerprint density at radius 2 is 1.86 bits per heavy atom. The minimum absolute atomic E-state index is 0.144. The van der Waals surface area contributed by atoms with E-state index in [-0.39, 0.29) is 11.8 Å². The van der Waals surface area contributed by atoms with Gasteiger partial charge < -0.3 is 14.6 Å². The molecule has 1 aliphatic carbocycles. The van der Waals surface area contributed by atoms with Crippen molar-refractivity contribution in [1.29, 1.82) is 0 Å². The van der Waals surface area contributed by atoms with Crippen molar-refractivity contribution in [3.63, 3.8) is 0 Å². The van der Waals surface area contributed by atoms with Crippen molar-refractivity contribution in [3.8, 4) is 5.75 Å². The number of benzene rings is 2. The highest BCUT2D eigenvalue weighted by Crippen LogP contribution is 2.25. The van der Waals surface area contributed by atoms with Crippen LogP contribution < -0.4 is 10.1 Å². The molecule has 1 saturated carbocycles. The first kappa shape index (κ1) is 19.8. The fourth-order valence-electron chi connectivity index (χ4n) is 3.99. The van der Waals surface area contributed by atoms with Crippen LogP contribution in [-0.4, -0.2) is 22.1 Å². The van der Waals surface area contributed by atoms with E-state index in [1.807, 2.05) is 48.5 Å². The fourth-order valence-corrected chi connectivity index (χ4v) is 4.18. The van der Waals surface area contributed by atoms with E-state index < -0.39 is 0 Å². The largest absolute Gasteiger partial charge is 0.490 e. The number of carbonyl (C=O) groups is 1. The fraction of sp³-hybridized carbons (Fsp3) is 0.391. The zero-order chi connectivity index (χ0) is 20.1. The quantitative estimate of drug-likeness (QED) is 0.597. The Morgan fingerprint density at radius 3 is 2.69 bits per heavy atom. The normalized spacial score (nSPS) is 14.8. The Hall–Kier alpha value is -2.53. The summed E-state index contributed by atoms with van der Waals surface area (Å²) in [5, 5.41) is 3.70. The predicted molar refractivity (Wildman–Crippen MR) is 115 cm³/mol. The van der Waals surface area contributed by atoms with E-state index in [9.17, 15) is 4.79 Å². The van der Waals surface area contributed by atoms with E-state index in [2.05, 4.69) is 9.88 Å². The van der Waals surface area contributed by atoms with Crippen LogP contribution in [0.4, 0.5) is 0 Å². The van der Waals surface area contributed by atoms with Crippen LogP contribution in [0.1, 0.15) is 37.9 Å². The van der Waals surface area contributed by atoms with Crippen LogP contribution in [0.2, 0.25) is 5.02 Å². The number of ether oxygens (including phenoxy) is 1. The SMILES string of the molecule is O=C(NCc1nc2ccccc2n1CCOc1ccccc1Cl)C1CCCCC1. The summed E-state index contributed by atoms with van der Waals surface area (Å²) in [5.74, 6) is 1.81. The first-order valence-corrected chi connectivity index (χ1v) is 10.7. The van der Waals surface area contributed by atoms with Gasteiger partial charge in [0.05, 0.1) is 29.1 Å². The lowest BCUT2D eigenvalue weighted by Crippen LogP contribution is -2.32. The van der Waals surface area contributed by atoms with Crippen LogP contribution in [-0.2, 0) is 17.9 Å². The Kier molecular flexibility index (Phi) is 6.35. The van der Waals surface area contributed by atoms with Crippen molar-refractivity contribution in [1.82, 2.24) is 14.9 Å². The number of halogens is 1. The molecule has 1 aliphatic rings. The maximum Gasteiger partial charge on any atom is 0.223 e. The lowest BCUT2D eigenvalue weighted by Gasteiger charge is -2.20. The first-order valence-electron chi connectivity index (χ1n) is 10.3. The second-order valence-corrected chi connectivity index (χ2v) is 7.91. The summed E-state index contributed by atoms with van der Waals surface area (Å²) < 4.78 is 7.99. The van der Waals surface area contributed by atoms with Crippen LogP contribution >= 0.6 is 11.6 Å². The number of nitrogens with one attached hydrogen (secondary N) is 1. The van der Waals surface area contributed by atoms with Crippen molar-refractivity contribution in [3.05, 3.63) is 59.4 Å². The molecule has 0 unspecified atom stereocenters. The highest BCUT2D eigenvalue weighted by atomic mass is 35.5. The van der Waals surface area contributed by atoms with Crippen molar-refractivity contribution >= 4 is 28.5 Å². The standard InChI is InChI=1S/C23H26ClN3O2/c24-18-10-4-7-13-21(18)29-15-14-27-20-12-6-5-11-19(20)26-22(27)16-25-23(28)17-8-2-1-3-9-17/h4-7,10-13,17H,1-3,8-9,14-16H2,(H,25,28). The summed E-state index contributed by atoms with van der Waals surface area (Å²) in [4.78, 5) is 17.3. The van der Waals surface area contributed by atoms with Gasteiger partial charge in [-0.05, 0) is 37.1 Å². The molecule has 0 saturated heterocycles. The van der Waals surface area contributed by atoms with Crippen molar-refractivity contribution in [2.24, 2.45) is 5.92 Å². The third-order valence-corrected chi connectivity index (χ3v) is 5.85. The molecule has 0 bridgehead atoms. The molecule has 4 rings (SSSR count). The average molecular weight is 412 g/mol. The van der Waals surface area contributed by atoms with E-state index in [0.717, 1.165) is 42.5 Å². The summed E-state index contributed by atoms with van der Waals surface area (Å²) in [6.45, 7) is 1.52. The molecule has 1 heterocycles. The van der Waals surface area contributed by atoms with E-state index in [1.54, 1.807) is 0 Å². The lowest BCUT2D eigenvalue weighted by atomic mass is 9.89. The number of carbonyl (C=O) groups excluding carboxylic acids is 1. The molecule has 1 amide bonds. The second-order valence-electron chi connectivity index (χ2n) is 7.50. The highest BCUT2D eigenvalue weighted by Gasteiger charge is 2.21. The predicted octanol–water partition coefficient (Wildman–Crippen LogP) is 4.97. The van der Waals surface area contributed by atoms with Crippen molar-refractivity contribution < 1.29 is 9.53 Å². The maximum absolute atomic E-state index is 12.5. The van der Waals surface area contributed by atoms with Gasteiger partial charge in [0.2, 0.25) is 5.91 Å². The zero-order valence-electron chi connectivity index (χ0n) is 16.4. The van der Waals surface area contributed by atoms with Crippen LogP contribution in [0.5, 0.6) is 5.75 Å². The molecule has 1 aromatic heterocycles. The molecule has 0 atom stereocenters. The molecule has 6 heteroatoms. The molecule has 2 aromatic carbocycles. The monoisotopic (exact) mass is 411 g/mol. The van der Waals surface area contributed by atoms with Gasteiger partial charge in [0.25, 0.3) is 0 Å². The molecule has 3 aromatic rings. The number of amides is 1. The number of para-hydroxylation sites is 3. The van der Waals surface area contributed by atoms with Gasteiger partial charge in [-0.15, -0.1) is 0 Å². The van der Waals surface area contributed by atoms with Crippen LogP contribution in [0.3, 0.4) is 0 Å². The molecule has 0 spiro atoms. The minimum atomic E-state index is 0.144. The number of rotatable bonds is 7. The van der Waals surface area contributed by atoms with Crippen molar-refractivity contribution in [2.45, 2.75) is 45.2 Å². The number of hydrogen-bond acceptors (Lipinski definition) is 3. The van der Waals surface area contributed by atoms with Gasteiger partial charge in [0, 0.05) is 5.92 Å². The Labute approximate surface area is 176 Å². The summed E-state index contributed by atoms with van der Waals surface area (Å²) in [7, 11) is 0. The highest BCUT2D eigenvalue weighted by molar-refractivity contribution is 6.32. The third-order valence-electron chi connectivity index (χ3n) is 5.54. The van der Waals surface area contributed by atoms with Crippen LogP contribution in [0.15, 0.2) is 48.5 Å². The molecule has 1 fully saturated rings. The molecule has 0 aliphatic heterocycles. The lowest BCUT2D eigenvalue weighted by molar-refractivity contribution is -0.126. The number of imidazole rings is 1.